The van der Waals surface area contributed by atoms with Gasteiger partial charge in [0.05, 0.1) is 41.0 Å². The van der Waals surface area contributed by atoms with Gasteiger partial charge < -0.3 is 39.6 Å². The molecular formula is C33H38N4O8S2. The van der Waals surface area contributed by atoms with E-state index in [4.69, 9.17) is 9.47 Å². The van der Waals surface area contributed by atoms with Crippen LogP contribution in [0.3, 0.4) is 0 Å². The fourth-order valence-electron chi connectivity index (χ4n) is 6.23. The van der Waals surface area contributed by atoms with Crippen LogP contribution in [-0.2, 0) is 11.3 Å². The number of fused-ring (bicyclic) bond motifs is 1. The summed E-state index contributed by atoms with van der Waals surface area (Å²) in [5, 5.41) is 30.7. The number of aryl methyl sites for hydroxylation is 1. The van der Waals surface area contributed by atoms with Crippen LogP contribution in [0, 0.1) is 6.92 Å². The number of nitrogens with zero attached hydrogens (tertiary/aromatic N) is 3. The van der Waals surface area contributed by atoms with E-state index in [1.807, 2.05) is 24.0 Å². The molecule has 0 bridgehead atoms. The van der Waals surface area contributed by atoms with Crippen LogP contribution in [0.4, 0.5) is 4.79 Å². The number of benzene rings is 2. The van der Waals surface area contributed by atoms with Gasteiger partial charge in [-0.25, -0.2) is 4.79 Å². The number of carbonyl (C=O) groups is 2. The Labute approximate surface area is 279 Å². The van der Waals surface area contributed by atoms with Crippen LogP contribution in [0.2, 0.25) is 0 Å². The number of rotatable bonds is 10. The molecule has 2 aromatic carbocycles. The second-order valence-electron chi connectivity index (χ2n) is 12.1. The maximum atomic E-state index is 13.0. The van der Waals surface area contributed by atoms with E-state index in [1.165, 1.54) is 23.5 Å². The van der Waals surface area contributed by atoms with Gasteiger partial charge in [-0.1, -0.05) is 29.5 Å². The third kappa shape index (κ3) is 7.63. The number of aliphatic hydroxyl groups excluding tert-OH is 1. The summed E-state index contributed by atoms with van der Waals surface area (Å²) in [6.45, 7) is 6.59. The lowest BCUT2D eigenvalue weighted by Crippen LogP contribution is -2.58. The Balaban J connectivity index is 0.962. The van der Waals surface area contributed by atoms with Crippen LogP contribution in [-0.4, -0.2) is 105 Å². The summed E-state index contributed by atoms with van der Waals surface area (Å²) in [4.78, 5) is 46.3. The van der Waals surface area contributed by atoms with Gasteiger partial charge in [0, 0.05) is 43.2 Å². The number of thiazole rings is 1. The predicted octanol–water partition coefficient (Wildman–Crippen LogP) is 4.26. The number of hydrogen-bond acceptors (Lipinski definition) is 10. The van der Waals surface area contributed by atoms with Gasteiger partial charge in [0.15, 0.2) is 0 Å². The second kappa shape index (κ2) is 14.0. The van der Waals surface area contributed by atoms with Gasteiger partial charge in [-0.05, 0) is 55.7 Å². The Bertz CT molecular complexity index is 1780. The minimum atomic E-state index is -1.20. The molecule has 2 aliphatic rings. The zero-order valence-electron chi connectivity index (χ0n) is 26.0. The molecule has 47 heavy (non-hydrogen) atoms. The third-order valence-electron chi connectivity index (χ3n) is 8.84. The predicted molar refractivity (Wildman–Crippen MR) is 179 cm³/mol. The van der Waals surface area contributed by atoms with Crippen molar-refractivity contribution in [3.05, 3.63) is 79.1 Å². The Morgan fingerprint density at radius 2 is 1.85 bits per heavy atom. The van der Waals surface area contributed by atoms with Crippen LogP contribution in [0.1, 0.15) is 44.6 Å². The first-order valence-corrected chi connectivity index (χ1v) is 17.2. The number of phenols is 1. The number of morpholine rings is 1. The molecule has 4 N–H and O–H groups in total. The number of H-pyrrole nitrogens is 1. The van der Waals surface area contributed by atoms with Crippen molar-refractivity contribution in [3.63, 3.8) is 0 Å². The quantitative estimate of drug-likeness (QED) is 0.192. The summed E-state index contributed by atoms with van der Waals surface area (Å²) in [7, 11) is 0. The van der Waals surface area contributed by atoms with E-state index in [9.17, 15) is 29.7 Å². The molecule has 1 atom stereocenters. The number of thiophene rings is 1. The molecule has 2 aromatic heterocycles. The summed E-state index contributed by atoms with van der Waals surface area (Å²) in [5.41, 5.74) is 1.02. The van der Waals surface area contributed by atoms with Gasteiger partial charge in [0.25, 0.3) is 5.91 Å². The van der Waals surface area contributed by atoms with Crippen LogP contribution in [0.5, 0.6) is 11.5 Å². The molecule has 250 valence electrons. The number of ether oxygens (including phenoxy) is 2. The molecule has 0 aliphatic carbocycles. The highest BCUT2D eigenvalue weighted by molar-refractivity contribution is 7.16. The summed E-state index contributed by atoms with van der Waals surface area (Å²) in [5.74, 6) is 0.649. The molecule has 4 aromatic rings. The molecule has 14 heteroatoms. The number of aromatic nitrogens is 1. The van der Waals surface area contributed by atoms with Crippen molar-refractivity contribution in [2.24, 2.45) is 0 Å². The number of carboxylic acid groups (broad SMARTS) is 1. The van der Waals surface area contributed by atoms with E-state index < -0.39 is 12.2 Å². The van der Waals surface area contributed by atoms with E-state index in [0.29, 0.717) is 42.3 Å². The van der Waals surface area contributed by atoms with Crippen molar-refractivity contribution in [2.75, 3.05) is 52.5 Å². The number of aliphatic hydroxyl groups is 1. The molecule has 4 heterocycles. The molecule has 0 saturated carbocycles. The zero-order valence-corrected chi connectivity index (χ0v) is 27.6. The van der Waals surface area contributed by atoms with Crippen molar-refractivity contribution in [2.45, 2.75) is 38.0 Å². The average Bonchev–Trinajstić information content (AvgIpc) is 3.68. The fraction of sp³-hybridized carbons (Fsp3) is 0.424. The number of hydrogen-bond donors (Lipinski definition) is 4. The minimum Gasteiger partial charge on any atom is -0.506 e. The molecule has 2 amide bonds. The number of likely N-dealkylation sites (tertiary alicyclic amines) is 1. The summed E-state index contributed by atoms with van der Waals surface area (Å²) in [6, 6.07) is 13.9. The van der Waals surface area contributed by atoms with Crippen molar-refractivity contribution < 1.29 is 34.4 Å². The Morgan fingerprint density at radius 3 is 2.55 bits per heavy atom. The lowest BCUT2D eigenvalue weighted by Gasteiger charge is -2.47. The van der Waals surface area contributed by atoms with E-state index in [-0.39, 0.29) is 40.7 Å². The first-order chi connectivity index (χ1) is 22.6. The Morgan fingerprint density at radius 1 is 1.09 bits per heavy atom. The SMILES string of the molecule is Cc1ccc(C(=O)N2CCOC3(CCN(CCOc4ccc(CN(CC(O)c5ccc(O)c6[nH]c(=O)sc56)C(=O)O)cc4)CC3)C2)s1. The Kier molecular flexibility index (Phi) is 9.85. The topological polar surface area (TPSA) is 156 Å². The molecule has 0 radical (unpaired) electrons. The first kappa shape index (κ1) is 33.0. The Hall–Kier alpha value is -3.95. The highest BCUT2D eigenvalue weighted by Crippen LogP contribution is 2.33. The number of nitrogens with one attached hydrogen (secondary N) is 1. The molecule has 1 spiro atoms. The van der Waals surface area contributed by atoms with Crippen molar-refractivity contribution in [1.29, 1.82) is 0 Å². The van der Waals surface area contributed by atoms with Crippen molar-refractivity contribution in [3.8, 4) is 11.5 Å². The lowest BCUT2D eigenvalue weighted by molar-refractivity contribution is -0.127. The van der Waals surface area contributed by atoms with E-state index in [2.05, 4.69) is 9.88 Å². The van der Waals surface area contributed by atoms with Crippen LogP contribution >= 0.6 is 22.7 Å². The first-order valence-electron chi connectivity index (χ1n) is 15.5. The van der Waals surface area contributed by atoms with Crippen LogP contribution in [0.25, 0.3) is 10.2 Å². The van der Waals surface area contributed by atoms with Crippen molar-refractivity contribution in [1.82, 2.24) is 19.7 Å². The normalized spacial score (nSPS) is 17.2. The van der Waals surface area contributed by atoms with Gasteiger partial charge in [0.1, 0.15) is 23.6 Å². The minimum absolute atomic E-state index is 0.0465. The molecule has 2 saturated heterocycles. The number of aromatic hydroxyl groups is 1. The average molecular weight is 683 g/mol. The fourth-order valence-corrected chi connectivity index (χ4v) is 7.99. The largest absolute Gasteiger partial charge is 0.506 e. The number of piperidine rings is 1. The van der Waals surface area contributed by atoms with E-state index >= 15 is 0 Å². The molecule has 12 nitrogen and oxygen atoms in total. The molecule has 6 rings (SSSR count). The summed E-state index contributed by atoms with van der Waals surface area (Å²) >= 11 is 2.39. The molecule has 1 unspecified atom stereocenters. The maximum Gasteiger partial charge on any atom is 0.407 e. The van der Waals surface area contributed by atoms with E-state index in [1.54, 1.807) is 24.3 Å². The smallest absolute Gasteiger partial charge is 0.407 e. The lowest BCUT2D eigenvalue weighted by atomic mass is 9.89. The standard InChI is InChI=1S/C33H38N4O8S2/c1-21-2-9-27(46-21)30(40)36-15-17-45-33(20-36)10-12-35(13-11-33)14-16-44-23-5-3-22(4-6-23)18-37(32(42)43)19-26(39)24-7-8-25(38)28-29(24)47-31(41)34-28/h2-9,26,38-39H,10-20H2,1H3,(H,34,41)(H,42,43). The van der Waals surface area contributed by atoms with Gasteiger partial charge >= 0.3 is 11.0 Å². The molecule has 2 aliphatic heterocycles. The second-order valence-corrected chi connectivity index (χ2v) is 14.3. The highest BCUT2D eigenvalue weighted by atomic mass is 32.1. The molecular weight excluding hydrogens is 645 g/mol. The summed E-state index contributed by atoms with van der Waals surface area (Å²) in [6.07, 6.45) is -0.686. The highest BCUT2D eigenvalue weighted by Gasteiger charge is 2.41. The zero-order chi connectivity index (χ0) is 33.1. The van der Waals surface area contributed by atoms with Gasteiger partial charge in [-0.15, -0.1) is 11.3 Å². The van der Waals surface area contributed by atoms with Crippen LogP contribution < -0.4 is 9.61 Å². The van der Waals surface area contributed by atoms with Gasteiger partial charge in [-0.2, -0.15) is 0 Å². The van der Waals surface area contributed by atoms with E-state index in [0.717, 1.165) is 64.0 Å². The number of aromatic amines is 1. The third-order valence-corrected chi connectivity index (χ3v) is 10.8. The van der Waals surface area contributed by atoms with Gasteiger partial charge in [-0.3, -0.25) is 14.5 Å². The van der Waals surface area contributed by atoms with Crippen LogP contribution in [0.15, 0.2) is 53.3 Å². The summed E-state index contributed by atoms with van der Waals surface area (Å²) < 4.78 is 12.6. The number of phenolic OH excluding ortho intramolecular Hbond substituents is 1. The van der Waals surface area contributed by atoms with Crippen molar-refractivity contribution >= 4 is 44.9 Å². The maximum absolute atomic E-state index is 13.0. The monoisotopic (exact) mass is 682 g/mol. The molecule has 2 fully saturated rings. The van der Waals surface area contributed by atoms with Gasteiger partial charge in [0.2, 0.25) is 0 Å². The number of carbonyl (C=O) groups excluding carboxylic acids is 1. The number of amides is 2.